The third-order valence-corrected chi connectivity index (χ3v) is 6.43. The number of carbonyl (C=O) groups excluding carboxylic acids is 1. The molecule has 0 bridgehead atoms. The van der Waals surface area contributed by atoms with Crippen LogP contribution in [0.1, 0.15) is 18.1 Å². The summed E-state index contributed by atoms with van der Waals surface area (Å²) in [6.45, 7) is 7.04. The fraction of sp³-hybridized carbons (Fsp3) is 0.429. The third kappa shape index (κ3) is 7.47. The SMILES string of the molecule is COc1ccc(CN2CCN(C(C)=O)CC(O)(COc3ccc(C)cc3)C2)cc1OCCn1cccn1. The van der Waals surface area contributed by atoms with Gasteiger partial charge in [-0.25, -0.2) is 0 Å². The van der Waals surface area contributed by atoms with Gasteiger partial charge in [-0.2, -0.15) is 5.10 Å². The Morgan fingerprint density at radius 3 is 2.59 bits per heavy atom. The number of aromatic nitrogens is 2. The molecule has 1 fully saturated rings. The molecule has 1 aromatic heterocycles. The number of methoxy groups -OCH3 is 1. The highest BCUT2D eigenvalue weighted by molar-refractivity contribution is 5.73. The van der Waals surface area contributed by atoms with Crippen LogP contribution in [0, 0.1) is 6.92 Å². The summed E-state index contributed by atoms with van der Waals surface area (Å²) in [6, 6.07) is 15.5. The second-order valence-electron chi connectivity index (χ2n) is 9.58. The van der Waals surface area contributed by atoms with Gasteiger partial charge < -0.3 is 24.2 Å². The van der Waals surface area contributed by atoms with Gasteiger partial charge in [0, 0.05) is 45.5 Å². The van der Waals surface area contributed by atoms with E-state index in [1.807, 2.05) is 66.3 Å². The lowest BCUT2D eigenvalue weighted by molar-refractivity contribution is -0.132. The summed E-state index contributed by atoms with van der Waals surface area (Å²) in [5, 5.41) is 15.8. The van der Waals surface area contributed by atoms with Crippen LogP contribution in [0.2, 0.25) is 0 Å². The molecule has 1 unspecified atom stereocenters. The van der Waals surface area contributed by atoms with Crippen molar-refractivity contribution in [2.45, 2.75) is 32.5 Å². The lowest BCUT2D eigenvalue weighted by atomic mass is 10.0. The van der Waals surface area contributed by atoms with Crippen molar-refractivity contribution in [3.63, 3.8) is 0 Å². The van der Waals surface area contributed by atoms with Crippen LogP contribution in [-0.2, 0) is 17.9 Å². The van der Waals surface area contributed by atoms with Crippen molar-refractivity contribution in [1.82, 2.24) is 19.6 Å². The van der Waals surface area contributed by atoms with Crippen LogP contribution in [0.5, 0.6) is 17.2 Å². The van der Waals surface area contributed by atoms with Gasteiger partial charge in [0.05, 0.1) is 20.2 Å². The zero-order valence-corrected chi connectivity index (χ0v) is 21.8. The maximum atomic E-state index is 12.2. The summed E-state index contributed by atoms with van der Waals surface area (Å²) < 4.78 is 19.3. The summed E-state index contributed by atoms with van der Waals surface area (Å²) >= 11 is 0. The lowest BCUT2D eigenvalue weighted by Crippen LogP contribution is -2.51. The molecule has 9 heteroatoms. The van der Waals surface area contributed by atoms with Crippen LogP contribution < -0.4 is 14.2 Å². The number of aliphatic hydroxyl groups is 1. The fourth-order valence-corrected chi connectivity index (χ4v) is 4.46. The van der Waals surface area contributed by atoms with E-state index in [-0.39, 0.29) is 19.1 Å². The predicted molar refractivity (Wildman–Crippen MR) is 140 cm³/mol. The molecule has 2 aromatic carbocycles. The summed E-state index contributed by atoms with van der Waals surface area (Å²) in [5.74, 6) is 1.94. The Morgan fingerprint density at radius 1 is 1.08 bits per heavy atom. The first-order chi connectivity index (χ1) is 17.8. The van der Waals surface area contributed by atoms with E-state index in [2.05, 4.69) is 10.00 Å². The van der Waals surface area contributed by atoms with Crippen LogP contribution in [0.4, 0.5) is 0 Å². The van der Waals surface area contributed by atoms with E-state index in [9.17, 15) is 9.90 Å². The molecule has 0 radical (unpaired) electrons. The van der Waals surface area contributed by atoms with E-state index in [1.54, 1.807) is 18.2 Å². The number of nitrogens with zero attached hydrogens (tertiary/aromatic N) is 4. The smallest absolute Gasteiger partial charge is 0.219 e. The Hall–Kier alpha value is -3.56. The summed E-state index contributed by atoms with van der Waals surface area (Å²) in [5.41, 5.74) is 0.939. The largest absolute Gasteiger partial charge is 0.493 e. The number of β-amino-alcohol motifs (C(OH)–C–C–N with tert-alkyl or cyclic N) is 1. The number of hydrogen-bond donors (Lipinski definition) is 1. The predicted octanol–water partition coefficient (Wildman–Crippen LogP) is 2.75. The van der Waals surface area contributed by atoms with Gasteiger partial charge in [0.15, 0.2) is 11.5 Å². The molecular formula is C28H36N4O5. The first kappa shape index (κ1) is 26.5. The molecule has 0 saturated carbocycles. The van der Waals surface area contributed by atoms with E-state index < -0.39 is 5.60 Å². The summed E-state index contributed by atoms with van der Waals surface area (Å²) in [7, 11) is 1.62. The molecule has 0 spiro atoms. The minimum absolute atomic E-state index is 0.0621. The van der Waals surface area contributed by atoms with E-state index in [0.29, 0.717) is 56.6 Å². The molecule has 0 aliphatic carbocycles. The van der Waals surface area contributed by atoms with E-state index in [4.69, 9.17) is 14.2 Å². The number of rotatable bonds is 10. The Kier molecular flexibility index (Phi) is 8.68. The number of aryl methyl sites for hydroxylation is 1. The molecule has 1 aliphatic rings. The standard InChI is InChI=1S/C28H36N4O5/c1-22-5-8-25(9-6-22)37-21-28(34)19-30(13-14-31(20-28)23(2)33)18-24-7-10-26(35-3)27(17-24)36-16-15-32-12-4-11-29-32/h4-12,17,34H,13-16,18-21H2,1-3H3. The van der Waals surface area contributed by atoms with Crippen molar-refractivity contribution >= 4 is 5.91 Å². The van der Waals surface area contributed by atoms with Crippen LogP contribution in [0.25, 0.3) is 0 Å². The molecule has 2 heterocycles. The van der Waals surface area contributed by atoms with Crippen molar-refractivity contribution < 1.29 is 24.1 Å². The number of ether oxygens (including phenoxy) is 3. The van der Waals surface area contributed by atoms with Crippen LogP contribution in [-0.4, -0.2) is 82.7 Å². The van der Waals surface area contributed by atoms with Crippen molar-refractivity contribution in [3.8, 4) is 17.2 Å². The molecule has 4 rings (SSSR count). The van der Waals surface area contributed by atoms with Crippen LogP contribution in [0.15, 0.2) is 60.9 Å². The highest BCUT2D eigenvalue weighted by Crippen LogP contribution is 2.29. The Bertz CT molecular complexity index is 1150. The average Bonchev–Trinajstić information content (AvgIpc) is 3.33. The van der Waals surface area contributed by atoms with Crippen molar-refractivity contribution in [2.75, 3.05) is 46.5 Å². The number of carbonyl (C=O) groups is 1. The molecule has 1 amide bonds. The zero-order chi connectivity index (χ0) is 26.3. The lowest BCUT2D eigenvalue weighted by Gasteiger charge is -2.32. The third-order valence-electron chi connectivity index (χ3n) is 6.43. The van der Waals surface area contributed by atoms with Gasteiger partial charge in [-0.05, 0) is 42.8 Å². The molecule has 37 heavy (non-hydrogen) atoms. The number of hydrogen-bond acceptors (Lipinski definition) is 7. The van der Waals surface area contributed by atoms with Gasteiger partial charge in [0.25, 0.3) is 0 Å². The number of benzene rings is 2. The van der Waals surface area contributed by atoms with Crippen molar-refractivity contribution in [1.29, 1.82) is 0 Å². The maximum absolute atomic E-state index is 12.2. The Morgan fingerprint density at radius 2 is 1.89 bits per heavy atom. The van der Waals surface area contributed by atoms with Crippen molar-refractivity contribution in [2.24, 2.45) is 0 Å². The minimum Gasteiger partial charge on any atom is -0.493 e. The molecule has 9 nitrogen and oxygen atoms in total. The van der Waals surface area contributed by atoms with Crippen LogP contribution >= 0.6 is 0 Å². The molecule has 1 saturated heterocycles. The van der Waals surface area contributed by atoms with E-state index >= 15 is 0 Å². The molecule has 198 valence electrons. The highest BCUT2D eigenvalue weighted by atomic mass is 16.5. The second-order valence-corrected chi connectivity index (χ2v) is 9.58. The van der Waals surface area contributed by atoms with Gasteiger partial charge in [0.1, 0.15) is 24.6 Å². The number of amides is 1. The maximum Gasteiger partial charge on any atom is 0.219 e. The first-order valence-electron chi connectivity index (χ1n) is 12.5. The van der Waals surface area contributed by atoms with Gasteiger partial charge in [-0.3, -0.25) is 14.4 Å². The molecule has 3 aromatic rings. The summed E-state index contributed by atoms with van der Waals surface area (Å²) in [4.78, 5) is 16.1. The average molecular weight is 509 g/mol. The normalized spacial score (nSPS) is 18.3. The Balaban J connectivity index is 1.44. The highest BCUT2D eigenvalue weighted by Gasteiger charge is 2.37. The van der Waals surface area contributed by atoms with Gasteiger partial charge in [-0.1, -0.05) is 23.8 Å². The monoisotopic (exact) mass is 508 g/mol. The molecule has 1 atom stereocenters. The first-order valence-corrected chi connectivity index (χ1v) is 12.5. The topological polar surface area (TPSA) is 89.3 Å². The summed E-state index contributed by atoms with van der Waals surface area (Å²) in [6.07, 6.45) is 3.63. The van der Waals surface area contributed by atoms with E-state index in [1.165, 1.54) is 6.92 Å². The van der Waals surface area contributed by atoms with Crippen molar-refractivity contribution in [3.05, 3.63) is 72.1 Å². The quantitative estimate of drug-likeness (QED) is 0.451. The molecule has 1 N–H and O–H groups in total. The molecule has 1 aliphatic heterocycles. The van der Waals surface area contributed by atoms with Gasteiger partial charge in [-0.15, -0.1) is 0 Å². The molecular weight excluding hydrogens is 472 g/mol. The fourth-order valence-electron chi connectivity index (χ4n) is 4.46. The zero-order valence-electron chi connectivity index (χ0n) is 21.8. The van der Waals surface area contributed by atoms with Gasteiger partial charge in [0.2, 0.25) is 5.91 Å². The minimum atomic E-state index is -1.22. The van der Waals surface area contributed by atoms with E-state index in [0.717, 1.165) is 11.1 Å². The van der Waals surface area contributed by atoms with Gasteiger partial charge >= 0.3 is 0 Å². The Labute approximate surface area is 218 Å². The second kappa shape index (κ2) is 12.1. The van der Waals surface area contributed by atoms with Crippen LogP contribution in [0.3, 0.4) is 0 Å².